The van der Waals surface area contributed by atoms with Gasteiger partial charge in [0.2, 0.25) is 0 Å². The van der Waals surface area contributed by atoms with Crippen molar-refractivity contribution in [1.29, 1.82) is 0 Å². The number of hydrogen-bond acceptors (Lipinski definition) is 5. The predicted octanol–water partition coefficient (Wildman–Crippen LogP) is 3.62. The van der Waals surface area contributed by atoms with Crippen LogP contribution in [-0.4, -0.2) is 21.3 Å². The van der Waals surface area contributed by atoms with E-state index in [9.17, 15) is 9.59 Å². The SMILES string of the molecule is Cc1ccc(C=C2SC(=S)N(c3ccc(CC(=O)O)cc3)C2=O)o1. The first kappa shape index (κ1) is 16.5. The van der Waals surface area contributed by atoms with Gasteiger partial charge in [0.05, 0.1) is 17.0 Å². The highest BCUT2D eigenvalue weighted by Crippen LogP contribution is 2.36. The lowest BCUT2D eigenvalue weighted by Crippen LogP contribution is -2.27. The maximum atomic E-state index is 12.6. The van der Waals surface area contributed by atoms with Gasteiger partial charge in [-0.1, -0.05) is 36.1 Å². The second kappa shape index (κ2) is 6.62. The topological polar surface area (TPSA) is 70.8 Å². The maximum Gasteiger partial charge on any atom is 0.307 e. The Morgan fingerprint density at radius 2 is 2.00 bits per heavy atom. The number of benzene rings is 1. The van der Waals surface area contributed by atoms with Crippen molar-refractivity contribution >= 4 is 51.9 Å². The zero-order chi connectivity index (χ0) is 17.3. The quantitative estimate of drug-likeness (QED) is 0.664. The van der Waals surface area contributed by atoms with E-state index in [-0.39, 0.29) is 12.3 Å². The van der Waals surface area contributed by atoms with Gasteiger partial charge in [-0.15, -0.1) is 0 Å². The molecule has 24 heavy (non-hydrogen) atoms. The number of amides is 1. The van der Waals surface area contributed by atoms with Crippen LogP contribution in [0.3, 0.4) is 0 Å². The predicted molar refractivity (Wildman–Crippen MR) is 96.9 cm³/mol. The first-order valence-corrected chi connectivity index (χ1v) is 8.31. The molecule has 1 aliphatic heterocycles. The molecule has 0 bridgehead atoms. The van der Waals surface area contributed by atoms with E-state index in [1.54, 1.807) is 36.4 Å². The molecule has 7 heteroatoms. The van der Waals surface area contributed by atoms with Crippen molar-refractivity contribution in [2.75, 3.05) is 4.90 Å². The van der Waals surface area contributed by atoms with Gasteiger partial charge in [0, 0.05) is 6.08 Å². The van der Waals surface area contributed by atoms with Gasteiger partial charge in [-0.05, 0) is 36.8 Å². The number of aliphatic carboxylic acids is 1. The Morgan fingerprint density at radius 1 is 1.29 bits per heavy atom. The van der Waals surface area contributed by atoms with Gasteiger partial charge in [0.15, 0.2) is 4.32 Å². The van der Waals surface area contributed by atoms with Crippen molar-refractivity contribution < 1.29 is 19.1 Å². The first-order chi connectivity index (χ1) is 11.4. The Labute approximate surface area is 148 Å². The van der Waals surface area contributed by atoms with Gasteiger partial charge in [-0.2, -0.15) is 0 Å². The molecule has 1 aromatic heterocycles. The van der Waals surface area contributed by atoms with Crippen molar-refractivity contribution in [2.45, 2.75) is 13.3 Å². The number of furan rings is 1. The standard InChI is InChI=1S/C17H13NO4S2/c1-10-2-7-13(22-10)9-14-16(21)18(17(23)24-14)12-5-3-11(4-6-12)8-15(19)20/h2-7,9H,8H2,1H3,(H,19,20). The largest absolute Gasteiger partial charge is 0.481 e. The summed E-state index contributed by atoms with van der Waals surface area (Å²) in [7, 11) is 0. The van der Waals surface area contributed by atoms with Crippen LogP contribution in [0.15, 0.2) is 45.7 Å². The fourth-order valence-corrected chi connectivity index (χ4v) is 3.57. The van der Waals surface area contributed by atoms with E-state index < -0.39 is 5.97 Å². The second-order valence-corrected chi connectivity index (χ2v) is 6.88. The van der Waals surface area contributed by atoms with Gasteiger partial charge in [-0.25, -0.2) is 0 Å². The summed E-state index contributed by atoms with van der Waals surface area (Å²) in [4.78, 5) is 25.3. The molecule has 2 heterocycles. The Kier molecular flexibility index (Phi) is 4.55. The van der Waals surface area contributed by atoms with Crippen LogP contribution in [0.4, 0.5) is 5.69 Å². The number of rotatable bonds is 4. The average molecular weight is 359 g/mol. The van der Waals surface area contributed by atoms with Crippen molar-refractivity contribution in [3.8, 4) is 0 Å². The lowest BCUT2D eigenvalue weighted by Gasteiger charge is -2.14. The minimum atomic E-state index is -0.898. The normalized spacial score (nSPS) is 16.2. The van der Waals surface area contributed by atoms with E-state index in [2.05, 4.69) is 0 Å². The molecule has 2 aromatic rings. The molecular weight excluding hydrogens is 346 g/mol. The van der Waals surface area contributed by atoms with Crippen LogP contribution in [0.5, 0.6) is 0 Å². The number of anilines is 1. The smallest absolute Gasteiger partial charge is 0.307 e. The van der Waals surface area contributed by atoms with Crippen molar-refractivity contribution in [2.24, 2.45) is 0 Å². The summed E-state index contributed by atoms with van der Waals surface area (Å²) in [6.07, 6.45) is 1.61. The van der Waals surface area contributed by atoms with Crippen LogP contribution in [0.1, 0.15) is 17.1 Å². The summed E-state index contributed by atoms with van der Waals surface area (Å²) >= 11 is 6.51. The number of thiocarbonyl (C=S) groups is 1. The summed E-state index contributed by atoms with van der Waals surface area (Å²) < 4.78 is 5.89. The van der Waals surface area contributed by atoms with Crippen molar-refractivity contribution in [3.63, 3.8) is 0 Å². The molecule has 1 fully saturated rings. The molecule has 1 amide bonds. The Hall–Kier alpha value is -2.38. The van der Waals surface area contributed by atoms with Crippen LogP contribution in [0.25, 0.3) is 6.08 Å². The number of aryl methyl sites for hydroxylation is 1. The van der Waals surface area contributed by atoms with E-state index in [1.807, 2.05) is 13.0 Å². The van der Waals surface area contributed by atoms with E-state index >= 15 is 0 Å². The number of hydrogen-bond donors (Lipinski definition) is 1. The molecule has 0 spiro atoms. The fraction of sp³-hybridized carbons (Fsp3) is 0.118. The van der Waals surface area contributed by atoms with Crippen molar-refractivity contribution in [1.82, 2.24) is 0 Å². The molecular formula is C17H13NO4S2. The molecule has 0 saturated carbocycles. The summed E-state index contributed by atoms with van der Waals surface area (Å²) in [6, 6.07) is 10.4. The van der Waals surface area contributed by atoms with E-state index in [1.165, 1.54) is 16.7 Å². The van der Waals surface area contributed by atoms with Gasteiger partial charge < -0.3 is 9.52 Å². The lowest BCUT2D eigenvalue weighted by atomic mass is 10.1. The highest BCUT2D eigenvalue weighted by Gasteiger charge is 2.33. The van der Waals surface area contributed by atoms with Crippen LogP contribution in [0, 0.1) is 6.92 Å². The molecule has 1 saturated heterocycles. The molecule has 5 nitrogen and oxygen atoms in total. The molecule has 1 aromatic carbocycles. The summed E-state index contributed by atoms with van der Waals surface area (Å²) in [5.74, 6) is 0.255. The highest BCUT2D eigenvalue weighted by molar-refractivity contribution is 8.27. The molecule has 0 unspecified atom stereocenters. The molecule has 1 N–H and O–H groups in total. The van der Waals surface area contributed by atoms with Crippen LogP contribution in [-0.2, 0) is 16.0 Å². The summed E-state index contributed by atoms with van der Waals surface area (Å²) in [6.45, 7) is 1.83. The number of carbonyl (C=O) groups excluding carboxylic acids is 1. The highest BCUT2D eigenvalue weighted by atomic mass is 32.2. The van der Waals surface area contributed by atoms with Gasteiger partial charge in [-0.3, -0.25) is 14.5 Å². The maximum absolute atomic E-state index is 12.6. The van der Waals surface area contributed by atoms with E-state index in [4.69, 9.17) is 21.7 Å². The Bertz CT molecular complexity index is 852. The molecule has 1 aliphatic rings. The average Bonchev–Trinajstić information content (AvgIpc) is 3.04. The van der Waals surface area contributed by atoms with Crippen LogP contribution >= 0.6 is 24.0 Å². The van der Waals surface area contributed by atoms with Gasteiger partial charge >= 0.3 is 5.97 Å². The first-order valence-electron chi connectivity index (χ1n) is 7.09. The number of thioether (sulfide) groups is 1. The van der Waals surface area contributed by atoms with Gasteiger partial charge in [0.25, 0.3) is 5.91 Å². The zero-order valence-electron chi connectivity index (χ0n) is 12.7. The molecule has 0 atom stereocenters. The monoisotopic (exact) mass is 359 g/mol. The third-order valence-electron chi connectivity index (χ3n) is 3.38. The third-order valence-corrected chi connectivity index (χ3v) is 4.68. The fourth-order valence-electron chi connectivity index (χ4n) is 2.29. The van der Waals surface area contributed by atoms with Crippen LogP contribution < -0.4 is 4.90 Å². The van der Waals surface area contributed by atoms with Gasteiger partial charge in [0.1, 0.15) is 11.5 Å². The number of carboxylic acids is 1. The van der Waals surface area contributed by atoms with Crippen LogP contribution in [0.2, 0.25) is 0 Å². The Morgan fingerprint density at radius 3 is 2.58 bits per heavy atom. The number of carbonyl (C=O) groups is 2. The lowest BCUT2D eigenvalue weighted by molar-refractivity contribution is -0.136. The second-order valence-electron chi connectivity index (χ2n) is 5.20. The third kappa shape index (κ3) is 3.42. The van der Waals surface area contributed by atoms with Crippen molar-refractivity contribution in [3.05, 3.63) is 58.4 Å². The summed E-state index contributed by atoms with van der Waals surface area (Å²) in [5.41, 5.74) is 1.28. The molecule has 0 radical (unpaired) electrons. The molecule has 122 valence electrons. The summed E-state index contributed by atoms with van der Waals surface area (Å²) in [5, 5.41) is 8.80. The minimum Gasteiger partial charge on any atom is -0.481 e. The minimum absolute atomic E-state index is 0.0591. The zero-order valence-corrected chi connectivity index (χ0v) is 14.3. The molecule has 3 rings (SSSR count). The molecule has 0 aliphatic carbocycles. The van der Waals surface area contributed by atoms with E-state index in [0.717, 1.165) is 5.76 Å². The number of nitrogens with zero attached hydrogens (tertiary/aromatic N) is 1. The Balaban J connectivity index is 1.84. The number of carboxylic acid groups (broad SMARTS) is 1. The van der Waals surface area contributed by atoms with E-state index in [0.29, 0.717) is 26.2 Å².